The van der Waals surface area contributed by atoms with E-state index in [2.05, 4.69) is 5.32 Å². The molecule has 0 saturated carbocycles. The minimum Gasteiger partial charge on any atom is -0.349 e. The van der Waals surface area contributed by atoms with Gasteiger partial charge in [-0.05, 0) is 18.9 Å². The number of rotatable bonds is 6. The van der Waals surface area contributed by atoms with Gasteiger partial charge in [-0.3, -0.25) is 25.0 Å². The van der Waals surface area contributed by atoms with Crippen molar-refractivity contribution in [2.24, 2.45) is 0 Å². The second-order valence-electron chi connectivity index (χ2n) is 5.32. The molecule has 0 aliphatic heterocycles. The van der Waals surface area contributed by atoms with E-state index in [-0.39, 0.29) is 11.6 Å². The van der Waals surface area contributed by atoms with Gasteiger partial charge in [0.05, 0.1) is 21.5 Å². The van der Waals surface area contributed by atoms with E-state index in [1.165, 1.54) is 0 Å². The van der Waals surface area contributed by atoms with Gasteiger partial charge in [0.25, 0.3) is 17.3 Å². The molecule has 0 aromatic heterocycles. The van der Waals surface area contributed by atoms with Crippen LogP contribution in [-0.2, 0) is 6.42 Å². The number of nitrogens with one attached hydrogen (secondary N) is 1. The molecule has 0 radical (unpaired) electrons. The van der Waals surface area contributed by atoms with Crippen LogP contribution in [0.1, 0.15) is 22.8 Å². The summed E-state index contributed by atoms with van der Waals surface area (Å²) in [6.07, 6.45) is 0.573. The maximum absolute atomic E-state index is 12.2. The van der Waals surface area contributed by atoms with Crippen molar-refractivity contribution in [2.45, 2.75) is 19.4 Å². The molecule has 1 atom stereocenters. The Morgan fingerprint density at radius 2 is 1.58 bits per heavy atom. The predicted octanol–water partition coefficient (Wildman–Crippen LogP) is 2.86. The number of non-ortho nitro benzene ring substituents is 2. The van der Waals surface area contributed by atoms with Crippen LogP contribution in [0.2, 0.25) is 0 Å². The van der Waals surface area contributed by atoms with Crippen molar-refractivity contribution >= 4 is 17.3 Å². The Balaban J connectivity index is 2.16. The first-order valence-electron chi connectivity index (χ1n) is 7.15. The van der Waals surface area contributed by atoms with Crippen molar-refractivity contribution in [1.82, 2.24) is 5.32 Å². The SMILES string of the molecule is C[C@H](Cc1ccccc1)NC(=O)c1cc([N+](=O)[O-])cc([N+](=O)[O-])c1. The van der Waals surface area contributed by atoms with Gasteiger partial charge < -0.3 is 5.32 Å². The quantitative estimate of drug-likeness (QED) is 0.646. The lowest BCUT2D eigenvalue weighted by molar-refractivity contribution is -0.394. The standard InChI is InChI=1S/C16H15N3O5/c1-11(7-12-5-3-2-4-6-12)17-16(20)13-8-14(18(21)22)10-15(9-13)19(23)24/h2-6,8-11H,7H2,1H3,(H,17,20)/t11-/m1/s1. The number of carbonyl (C=O) groups is 1. The summed E-state index contributed by atoms with van der Waals surface area (Å²) in [4.78, 5) is 32.4. The number of hydrogen-bond acceptors (Lipinski definition) is 5. The van der Waals surface area contributed by atoms with Crippen LogP contribution in [0.4, 0.5) is 11.4 Å². The molecule has 1 N–H and O–H groups in total. The van der Waals surface area contributed by atoms with Gasteiger partial charge in [0.1, 0.15) is 0 Å². The molecule has 8 nitrogen and oxygen atoms in total. The van der Waals surface area contributed by atoms with Crippen LogP contribution >= 0.6 is 0 Å². The Morgan fingerprint density at radius 1 is 1.04 bits per heavy atom. The second kappa shape index (κ2) is 7.32. The molecule has 0 unspecified atom stereocenters. The number of hydrogen-bond donors (Lipinski definition) is 1. The van der Waals surface area contributed by atoms with E-state index in [4.69, 9.17) is 0 Å². The van der Waals surface area contributed by atoms with E-state index in [0.717, 1.165) is 23.8 Å². The predicted molar refractivity (Wildman–Crippen MR) is 86.8 cm³/mol. The summed E-state index contributed by atoms with van der Waals surface area (Å²) in [6, 6.07) is 12.1. The van der Waals surface area contributed by atoms with Gasteiger partial charge in [-0.25, -0.2) is 0 Å². The highest BCUT2D eigenvalue weighted by Gasteiger charge is 2.20. The third-order valence-corrected chi connectivity index (χ3v) is 3.35. The zero-order valence-electron chi connectivity index (χ0n) is 12.8. The van der Waals surface area contributed by atoms with Crippen LogP contribution in [0.3, 0.4) is 0 Å². The molecular weight excluding hydrogens is 314 g/mol. The molecule has 0 aliphatic carbocycles. The van der Waals surface area contributed by atoms with Crippen LogP contribution in [-0.4, -0.2) is 21.8 Å². The molecule has 0 bridgehead atoms. The second-order valence-corrected chi connectivity index (χ2v) is 5.32. The minimum absolute atomic E-state index is 0.115. The summed E-state index contributed by atoms with van der Waals surface area (Å²) in [5, 5.41) is 24.4. The Labute approximate surface area is 137 Å². The van der Waals surface area contributed by atoms with Gasteiger partial charge >= 0.3 is 0 Å². The fraction of sp³-hybridized carbons (Fsp3) is 0.188. The third kappa shape index (κ3) is 4.35. The normalized spacial score (nSPS) is 11.5. The van der Waals surface area contributed by atoms with E-state index in [0.29, 0.717) is 6.42 Å². The van der Waals surface area contributed by atoms with Gasteiger partial charge in [-0.1, -0.05) is 30.3 Å². The van der Waals surface area contributed by atoms with Gasteiger partial charge in [0.2, 0.25) is 0 Å². The average molecular weight is 329 g/mol. The molecule has 24 heavy (non-hydrogen) atoms. The topological polar surface area (TPSA) is 115 Å². The Hall–Kier alpha value is -3.29. The van der Waals surface area contributed by atoms with E-state index < -0.39 is 27.1 Å². The van der Waals surface area contributed by atoms with Crippen LogP contribution in [0.15, 0.2) is 48.5 Å². The first-order valence-corrected chi connectivity index (χ1v) is 7.15. The molecular formula is C16H15N3O5. The summed E-state index contributed by atoms with van der Waals surface area (Å²) >= 11 is 0. The highest BCUT2D eigenvalue weighted by molar-refractivity contribution is 5.95. The van der Waals surface area contributed by atoms with Crippen molar-refractivity contribution in [2.75, 3.05) is 0 Å². The van der Waals surface area contributed by atoms with Gasteiger partial charge in [-0.2, -0.15) is 0 Å². The van der Waals surface area contributed by atoms with Crippen LogP contribution in [0.5, 0.6) is 0 Å². The average Bonchev–Trinajstić information content (AvgIpc) is 2.55. The molecule has 0 aliphatic rings. The molecule has 1 amide bonds. The molecule has 0 heterocycles. The Bertz CT molecular complexity index is 744. The Kier molecular flexibility index (Phi) is 5.20. The smallest absolute Gasteiger partial charge is 0.277 e. The third-order valence-electron chi connectivity index (χ3n) is 3.35. The molecule has 0 spiro atoms. The van der Waals surface area contributed by atoms with Gasteiger partial charge in [0.15, 0.2) is 0 Å². The number of nitrogens with zero attached hydrogens (tertiary/aromatic N) is 2. The number of nitro groups is 2. The van der Waals surface area contributed by atoms with Crippen LogP contribution in [0, 0.1) is 20.2 Å². The first-order chi connectivity index (χ1) is 11.4. The lowest BCUT2D eigenvalue weighted by atomic mass is 10.1. The number of amides is 1. The van der Waals surface area contributed by atoms with Crippen molar-refractivity contribution in [3.8, 4) is 0 Å². The van der Waals surface area contributed by atoms with E-state index in [9.17, 15) is 25.0 Å². The van der Waals surface area contributed by atoms with E-state index in [1.807, 2.05) is 30.3 Å². The van der Waals surface area contributed by atoms with Crippen molar-refractivity contribution in [3.05, 3.63) is 79.9 Å². The first kappa shape index (κ1) is 17.1. The van der Waals surface area contributed by atoms with Crippen LogP contribution < -0.4 is 5.32 Å². The number of benzene rings is 2. The molecule has 2 aromatic rings. The maximum atomic E-state index is 12.2. The molecule has 0 fully saturated rings. The fourth-order valence-electron chi connectivity index (χ4n) is 2.26. The monoisotopic (exact) mass is 329 g/mol. The number of nitro benzene ring substituents is 2. The van der Waals surface area contributed by atoms with Gasteiger partial charge in [0, 0.05) is 18.2 Å². The minimum atomic E-state index is -0.767. The Morgan fingerprint density at radius 3 is 2.08 bits per heavy atom. The highest BCUT2D eigenvalue weighted by atomic mass is 16.6. The summed E-state index contributed by atoms with van der Waals surface area (Å²) < 4.78 is 0. The van der Waals surface area contributed by atoms with Crippen molar-refractivity contribution in [3.63, 3.8) is 0 Å². The van der Waals surface area contributed by atoms with Crippen LogP contribution in [0.25, 0.3) is 0 Å². The molecule has 0 saturated heterocycles. The summed E-state index contributed by atoms with van der Waals surface area (Å²) in [5.41, 5.74) is -0.0822. The largest absolute Gasteiger partial charge is 0.349 e. The molecule has 8 heteroatoms. The van der Waals surface area contributed by atoms with E-state index in [1.54, 1.807) is 6.92 Å². The van der Waals surface area contributed by atoms with Crippen molar-refractivity contribution < 1.29 is 14.6 Å². The molecule has 2 rings (SSSR count). The summed E-state index contributed by atoms with van der Waals surface area (Å²) in [6.45, 7) is 1.79. The number of carbonyl (C=O) groups excluding carboxylic acids is 1. The van der Waals surface area contributed by atoms with Gasteiger partial charge in [-0.15, -0.1) is 0 Å². The lowest BCUT2D eigenvalue weighted by Gasteiger charge is -2.14. The maximum Gasteiger partial charge on any atom is 0.277 e. The summed E-state index contributed by atoms with van der Waals surface area (Å²) in [7, 11) is 0. The van der Waals surface area contributed by atoms with Crippen molar-refractivity contribution in [1.29, 1.82) is 0 Å². The van der Waals surface area contributed by atoms with E-state index >= 15 is 0 Å². The fourth-order valence-corrected chi connectivity index (χ4v) is 2.26. The zero-order chi connectivity index (χ0) is 17.7. The molecule has 2 aromatic carbocycles. The molecule has 124 valence electrons. The lowest BCUT2D eigenvalue weighted by Crippen LogP contribution is -2.34. The highest BCUT2D eigenvalue weighted by Crippen LogP contribution is 2.22. The summed E-state index contributed by atoms with van der Waals surface area (Å²) in [5.74, 6) is -0.592. The zero-order valence-corrected chi connectivity index (χ0v) is 12.8.